The van der Waals surface area contributed by atoms with E-state index in [4.69, 9.17) is 4.74 Å². The van der Waals surface area contributed by atoms with Crippen LogP contribution in [0, 0.1) is 6.92 Å². The minimum atomic E-state index is -4.41. The number of aromatic nitrogens is 4. The summed E-state index contributed by atoms with van der Waals surface area (Å²) in [5.74, 6) is 1.84. The number of hydrogen-bond donors (Lipinski definition) is 0. The molecule has 10 heteroatoms. The van der Waals surface area contributed by atoms with Crippen LogP contribution in [0.2, 0.25) is 0 Å². The van der Waals surface area contributed by atoms with Crippen LogP contribution in [-0.2, 0) is 11.9 Å². The molecule has 1 saturated carbocycles. The van der Waals surface area contributed by atoms with Crippen LogP contribution in [0.15, 0.2) is 28.7 Å². The number of ether oxygens (including phenoxy) is 1. The van der Waals surface area contributed by atoms with Gasteiger partial charge in [-0.15, -0.1) is 21.5 Å². The average molecular weight is 426 g/mol. The van der Waals surface area contributed by atoms with Gasteiger partial charge in [0, 0.05) is 17.2 Å². The lowest BCUT2D eigenvalue weighted by molar-refractivity contribution is -0.137. The van der Waals surface area contributed by atoms with Crippen LogP contribution >= 0.6 is 23.1 Å². The Kier molecular flexibility index (Phi) is 5.09. The largest absolute Gasteiger partial charge is 0.496 e. The lowest BCUT2D eigenvalue weighted by atomic mass is 10.1. The summed E-state index contributed by atoms with van der Waals surface area (Å²) in [5.41, 5.74) is 0.408. The van der Waals surface area contributed by atoms with Crippen LogP contribution in [0.5, 0.6) is 5.75 Å². The molecule has 28 heavy (non-hydrogen) atoms. The zero-order valence-electron chi connectivity index (χ0n) is 15.2. The lowest BCUT2D eigenvalue weighted by Crippen LogP contribution is -2.05. The molecular weight excluding hydrogens is 409 g/mol. The smallest absolute Gasteiger partial charge is 0.416 e. The first kappa shape index (κ1) is 19.3. The van der Waals surface area contributed by atoms with E-state index in [-0.39, 0.29) is 0 Å². The van der Waals surface area contributed by atoms with Gasteiger partial charge >= 0.3 is 6.18 Å². The van der Waals surface area contributed by atoms with Gasteiger partial charge in [-0.1, -0.05) is 11.8 Å². The summed E-state index contributed by atoms with van der Waals surface area (Å²) in [5, 5.41) is 11.6. The molecule has 0 unspecified atom stereocenters. The van der Waals surface area contributed by atoms with E-state index >= 15 is 0 Å². The number of rotatable bonds is 6. The first-order valence-corrected chi connectivity index (χ1v) is 10.5. The van der Waals surface area contributed by atoms with E-state index in [0.717, 1.165) is 41.6 Å². The number of nitrogens with zero attached hydrogens (tertiary/aromatic N) is 4. The normalized spacial score (nSPS) is 14.5. The summed E-state index contributed by atoms with van der Waals surface area (Å²) in [6.07, 6.45) is -2.13. The Balaban J connectivity index is 1.55. The molecule has 0 bridgehead atoms. The van der Waals surface area contributed by atoms with Crippen molar-refractivity contribution in [3.05, 3.63) is 40.7 Å². The summed E-state index contributed by atoms with van der Waals surface area (Å²) in [6.45, 7) is 1.94. The second-order valence-electron chi connectivity index (χ2n) is 6.48. The Bertz CT molecular complexity index is 995. The van der Waals surface area contributed by atoms with Crippen LogP contribution < -0.4 is 4.74 Å². The highest BCUT2D eigenvalue weighted by molar-refractivity contribution is 7.98. The quantitative estimate of drug-likeness (QED) is 0.497. The summed E-state index contributed by atoms with van der Waals surface area (Å²) in [6, 6.07) is 3.91. The number of halogens is 3. The molecule has 148 valence electrons. The average Bonchev–Trinajstić information content (AvgIpc) is 3.26. The number of benzene rings is 1. The van der Waals surface area contributed by atoms with E-state index < -0.39 is 11.7 Å². The number of alkyl halides is 3. The van der Waals surface area contributed by atoms with E-state index in [9.17, 15) is 13.2 Å². The van der Waals surface area contributed by atoms with Gasteiger partial charge in [0.1, 0.15) is 16.6 Å². The monoisotopic (exact) mass is 426 g/mol. The molecule has 1 aliphatic carbocycles. The number of hydrogen-bond acceptors (Lipinski definition) is 6. The topological polar surface area (TPSA) is 52.8 Å². The standard InChI is InChI=1S/C18H17F3N4OS2/c1-10-23-24-17(25(10)13-4-5-13)28-9-12-8-27-16(22-12)14-7-11(18(19,20)21)3-6-15(14)26-2/h3,6-8,13H,4-5,9H2,1-2H3. The Morgan fingerprint density at radius 1 is 1.29 bits per heavy atom. The third-order valence-electron chi connectivity index (χ3n) is 4.41. The molecule has 0 radical (unpaired) electrons. The molecule has 2 aromatic heterocycles. The van der Waals surface area contributed by atoms with E-state index in [1.54, 1.807) is 0 Å². The Morgan fingerprint density at radius 2 is 2.07 bits per heavy atom. The highest BCUT2D eigenvalue weighted by atomic mass is 32.2. The van der Waals surface area contributed by atoms with E-state index in [1.807, 2.05) is 12.3 Å². The fourth-order valence-electron chi connectivity index (χ4n) is 2.89. The van der Waals surface area contributed by atoms with Crippen LogP contribution in [-0.4, -0.2) is 26.9 Å². The molecule has 3 aromatic rings. The summed E-state index contributed by atoms with van der Waals surface area (Å²) in [7, 11) is 1.43. The molecule has 4 rings (SSSR count). The van der Waals surface area contributed by atoms with Gasteiger partial charge in [-0.2, -0.15) is 13.2 Å². The van der Waals surface area contributed by atoms with Crippen molar-refractivity contribution in [3.8, 4) is 16.3 Å². The molecule has 1 aliphatic rings. The first-order chi connectivity index (χ1) is 13.4. The van der Waals surface area contributed by atoms with Crippen molar-refractivity contribution < 1.29 is 17.9 Å². The molecule has 1 fully saturated rings. The second kappa shape index (κ2) is 7.40. The Morgan fingerprint density at radius 3 is 2.75 bits per heavy atom. The van der Waals surface area contributed by atoms with Gasteiger partial charge in [-0.05, 0) is 38.0 Å². The van der Waals surface area contributed by atoms with Crippen molar-refractivity contribution in [2.24, 2.45) is 0 Å². The van der Waals surface area contributed by atoms with Crippen molar-refractivity contribution in [2.45, 2.75) is 42.9 Å². The van der Waals surface area contributed by atoms with E-state index in [0.29, 0.717) is 28.1 Å². The van der Waals surface area contributed by atoms with Crippen molar-refractivity contribution in [1.82, 2.24) is 19.7 Å². The Hall–Kier alpha value is -2.07. The van der Waals surface area contributed by atoms with Crippen LogP contribution in [0.3, 0.4) is 0 Å². The second-order valence-corrected chi connectivity index (χ2v) is 8.28. The lowest BCUT2D eigenvalue weighted by Gasteiger charge is -2.11. The van der Waals surface area contributed by atoms with Crippen molar-refractivity contribution in [1.29, 1.82) is 0 Å². The molecule has 0 saturated heterocycles. The molecule has 0 N–H and O–H groups in total. The molecule has 1 aromatic carbocycles. The van der Waals surface area contributed by atoms with Crippen molar-refractivity contribution >= 4 is 23.1 Å². The van der Waals surface area contributed by atoms with Gasteiger partial charge in [0.25, 0.3) is 0 Å². The maximum Gasteiger partial charge on any atom is 0.416 e. The molecule has 5 nitrogen and oxygen atoms in total. The van der Waals surface area contributed by atoms with Gasteiger partial charge in [0.15, 0.2) is 5.16 Å². The van der Waals surface area contributed by atoms with Gasteiger partial charge < -0.3 is 9.30 Å². The van der Waals surface area contributed by atoms with Gasteiger partial charge in [0.2, 0.25) is 0 Å². The molecule has 0 atom stereocenters. The van der Waals surface area contributed by atoms with Gasteiger partial charge in [-0.25, -0.2) is 4.98 Å². The summed E-state index contributed by atoms with van der Waals surface area (Å²) in [4.78, 5) is 4.52. The third kappa shape index (κ3) is 3.88. The van der Waals surface area contributed by atoms with Gasteiger partial charge in [-0.3, -0.25) is 0 Å². The molecule has 0 amide bonds. The first-order valence-electron chi connectivity index (χ1n) is 8.61. The van der Waals surface area contributed by atoms with Crippen molar-refractivity contribution in [3.63, 3.8) is 0 Å². The predicted molar refractivity (Wildman–Crippen MR) is 102 cm³/mol. The minimum Gasteiger partial charge on any atom is -0.496 e. The number of thiazole rings is 1. The maximum absolute atomic E-state index is 13.1. The third-order valence-corrected chi connectivity index (χ3v) is 6.31. The highest BCUT2D eigenvalue weighted by Gasteiger charge is 2.32. The minimum absolute atomic E-state index is 0.343. The highest BCUT2D eigenvalue weighted by Crippen LogP contribution is 2.40. The van der Waals surface area contributed by atoms with Crippen LogP contribution in [0.4, 0.5) is 13.2 Å². The molecular formula is C18H17F3N4OS2. The van der Waals surface area contributed by atoms with E-state index in [1.165, 1.54) is 36.3 Å². The fraction of sp³-hybridized carbons (Fsp3) is 0.389. The van der Waals surface area contributed by atoms with Gasteiger partial charge in [0.05, 0.1) is 23.9 Å². The predicted octanol–water partition coefficient (Wildman–Crippen LogP) is 5.36. The number of thioether (sulfide) groups is 1. The zero-order valence-corrected chi connectivity index (χ0v) is 16.8. The van der Waals surface area contributed by atoms with E-state index in [2.05, 4.69) is 19.7 Å². The molecule has 0 spiro atoms. The number of methoxy groups -OCH3 is 1. The Labute approximate surface area is 168 Å². The molecule has 0 aliphatic heterocycles. The maximum atomic E-state index is 13.1. The zero-order chi connectivity index (χ0) is 19.9. The van der Waals surface area contributed by atoms with Crippen LogP contribution in [0.1, 0.15) is 36.0 Å². The summed E-state index contributed by atoms with van der Waals surface area (Å²) < 4.78 is 46.6. The summed E-state index contributed by atoms with van der Waals surface area (Å²) >= 11 is 2.84. The van der Waals surface area contributed by atoms with Crippen molar-refractivity contribution in [2.75, 3.05) is 7.11 Å². The fourth-order valence-corrected chi connectivity index (χ4v) is 4.78. The number of aryl methyl sites for hydroxylation is 1. The van der Waals surface area contributed by atoms with Crippen LogP contribution in [0.25, 0.3) is 10.6 Å². The molecule has 2 heterocycles. The SMILES string of the molecule is COc1ccc(C(F)(F)F)cc1-c1nc(CSc2nnc(C)n2C2CC2)cs1.